The Kier molecular flexibility index (Phi) is 3.95. The lowest BCUT2D eigenvalue weighted by Gasteiger charge is -2.29. The second-order valence-electron chi connectivity index (χ2n) is 4.90. The van der Waals surface area contributed by atoms with Crippen LogP contribution in [0.25, 0.3) is 0 Å². The lowest BCUT2D eigenvalue weighted by Crippen LogP contribution is -2.51. The van der Waals surface area contributed by atoms with Crippen molar-refractivity contribution < 1.29 is 14.3 Å². The molecule has 0 spiro atoms. The molecule has 1 amide bonds. The van der Waals surface area contributed by atoms with Crippen LogP contribution in [0.1, 0.15) is 30.6 Å². The Morgan fingerprint density at radius 3 is 2.84 bits per heavy atom. The minimum Gasteiger partial charge on any atom is -0.486 e. The average Bonchev–Trinajstić information content (AvgIpc) is 2.46. The van der Waals surface area contributed by atoms with Crippen molar-refractivity contribution in [2.24, 2.45) is 5.73 Å². The van der Waals surface area contributed by atoms with Gasteiger partial charge in [0, 0.05) is 12.1 Å². The summed E-state index contributed by atoms with van der Waals surface area (Å²) in [6.07, 6.45) is 0.765. The summed E-state index contributed by atoms with van der Waals surface area (Å²) in [6, 6.07) is 5.32. The van der Waals surface area contributed by atoms with Crippen LogP contribution in [0.3, 0.4) is 0 Å². The first-order valence-corrected chi connectivity index (χ1v) is 6.51. The summed E-state index contributed by atoms with van der Waals surface area (Å²) in [6.45, 7) is 5.28. The van der Waals surface area contributed by atoms with Gasteiger partial charge in [0.25, 0.3) is 5.91 Å². The fourth-order valence-corrected chi connectivity index (χ4v) is 1.88. The number of amides is 1. The molecule has 0 bridgehead atoms. The Morgan fingerprint density at radius 2 is 2.16 bits per heavy atom. The minimum atomic E-state index is -0.407. The zero-order valence-electron chi connectivity index (χ0n) is 11.4. The number of ether oxygens (including phenoxy) is 2. The van der Waals surface area contributed by atoms with E-state index >= 15 is 0 Å². The summed E-state index contributed by atoms with van der Waals surface area (Å²) < 4.78 is 11.0. The number of hydrogen-bond donors (Lipinski definition) is 2. The van der Waals surface area contributed by atoms with Crippen molar-refractivity contribution in [2.45, 2.75) is 25.8 Å². The second kappa shape index (κ2) is 5.48. The van der Waals surface area contributed by atoms with Gasteiger partial charge in [-0.3, -0.25) is 4.79 Å². The number of fused-ring (bicyclic) bond motifs is 1. The Labute approximate surface area is 113 Å². The summed E-state index contributed by atoms with van der Waals surface area (Å²) >= 11 is 0. The van der Waals surface area contributed by atoms with Crippen LogP contribution in [0.4, 0.5) is 0 Å². The zero-order valence-corrected chi connectivity index (χ0v) is 11.4. The van der Waals surface area contributed by atoms with Crippen LogP contribution in [-0.4, -0.2) is 31.2 Å². The molecule has 0 aliphatic carbocycles. The van der Waals surface area contributed by atoms with Gasteiger partial charge in [-0.1, -0.05) is 13.0 Å². The number of para-hydroxylation sites is 1. The fraction of sp³-hybridized carbons (Fsp3) is 0.500. The summed E-state index contributed by atoms with van der Waals surface area (Å²) in [5, 5.41) is 2.96. The zero-order chi connectivity index (χ0) is 13.9. The van der Waals surface area contributed by atoms with E-state index in [9.17, 15) is 4.79 Å². The van der Waals surface area contributed by atoms with Gasteiger partial charge >= 0.3 is 0 Å². The van der Waals surface area contributed by atoms with Crippen LogP contribution in [0.5, 0.6) is 11.5 Å². The molecule has 2 rings (SSSR count). The molecule has 1 aliphatic rings. The number of benzene rings is 1. The molecular formula is C14H20N2O3. The Morgan fingerprint density at radius 1 is 1.42 bits per heavy atom. The molecule has 5 nitrogen and oxygen atoms in total. The van der Waals surface area contributed by atoms with Crippen molar-refractivity contribution in [3.05, 3.63) is 23.8 Å². The molecule has 1 unspecified atom stereocenters. The van der Waals surface area contributed by atoms with Crippen molar-refractivity contribution in [3.63, 3.8) is 0 Å². The van der Waals surface area contributed by atoms with Crippen LogP contribution >= 0.6 is 0 Å². The third-order valence-electron chi connectivity index (χ3n) is 3.46. The maximum Gasteiger partial charge on any atom is 0.255 e. The predicted molar refractivity (Wildman–Crippen MR) is 72.6 cm³/mol. The topological polar surface area (TPSA) is 73.6 Å². The smallest absolute Gasteiger partial charge is 0.255 e. The highest BCUT2D eigenvalue weighted by molar-refractivity contribution is 5.98. The van der Waals surface area contributed by atoms with E-state index in [2.05, 4.69) is 5.32 Å². The van der Waals surface area contributed by atoms with Crippen molar-refractivity contribution in [1.82, 2.24) is 5.32 Å². The van der Waals surface area contributed by atoms with Crippen molar-refractivity contribution in [1.29, 1.82) is 0 Å². The second-order valence-corrected chi connectivity index (χ2v) is 4.90. The third-order valence-corrected chi connectivity index (χ3v) is 3.46. The van der Waals surface area contributed by atoms with Gasteiger partial charge in [0.15, 0.2) is 11.5 Å². The molecule has 5 heteroatoms. The first-order valence-electron chi connectivity index (χ1n) is 6.51. The van der Waals surface area contributed by atoms with Gasteiger partial charge in [0.1, 0.15) is 13.2 Å². The molecule has 1 aromatic rings. The van der Waals surface area contributed by atoms with Crippen LogP contribution in [0.15, 0.2) is 18.2 Å². The molecule has 3 N–H and O–H groups in total. The molecule has 104 valence electrons. The number of rotatable bonds is 4. The molecule has 1 heterocycles. The highest BCUT2D eigenvalue weighted by atomic mass is 16.6. The monoisotopic (exact) mass is 264 g/mol. The third kappa shape index (κ3) is 2.81. The number of carbonyl (C=O) groups excluding carboxylic acids is 1. The molecule has 0 fully saturated rings. The highest BCUT2D eigenvalue weighted by Crippen LogP contribution is 2.33. The van der Waals surface area contributed by atoms with E-state index < -0.39 is 5.54 Å². The maximum atomic E-state index is 12.3. The predicted octanol–water partition coefficient (Wildman–Crippen LogP) is 1.31. The van der Waals surface area contributed by atoms with E-state index in [0.29, 0.717) is 36.8 Å². The Bertz CT molecular complexity index is 470. The molecule has 1 atom stereocenters. The summed E-state index contributed by atoms with van der Waals surface area (Å²) in [7, 11) is 0. The molecule has 1 aliphatic heterocycles. The van der Waals surface area contributed by atoms with Gasteiger partial charge in [-0.2, -0.15) is 0 Å². The van der Waals surface area contributed by atoms with Gasteiger partial charge in [0.05, 0.1) is 5.56 Å². The van der Waals surface area contributed by atoms with E-state index in [1.807, 2.05) is 13.8 Å². The Hall–Kier alpha value is -1.75. The minimum absolute atomic E-state index is 0.183. The molecule has 0 saturated carbocycles. The molecule has 19 heavy (non-hydrogen) atoms. The van der Waals surface area contributed by atoms with E-state index in [1.54, 1.807) is 18.2 Å². The van der Waals surface area contributed by atoms with E-state index in [-0.39, 0.29) is 5.91 Å². The number of hydrogen-bond acceptors (Lipinski definition) is 4. The number of carbonyl (C=O) groups is 1. The van der Waals surface area contributed by atoms with Crippen LogP contribution in [0, 0.1) is 0 Å². The standard InChI is InChI=1S/C14H20N2O3/c1-3-14(2,9-15)16-13(17)10-5-4-6-11-12(10)19-8-7-18-11/h4-6H,3,7-9,15H2,1-2H3,(H,16,17). The van der Waals surface area contributed by atoms with Crippen LogP contribution < -0.4 is 20.5 Å². The number of nitrogens with one attached hydrogen (secondary N) is 1. The summed E-state index contributed by atoms with van der Waals surface area (Å²) in [5.41, 5.74) is 5.79. The average molecular weight is 264 g/mol. The summed E-state index contributed by atoms with van der Waals surface area (Å²) in [4.78, 5) is 12.3. The van der Waals surface area contributed by atoms with Crippen molar-refractivity contribution in [3.8, 4) is 11.5 Å². The summed E-state index contributed by atoms with van der Waals surface area (Å²) in [5.74, 6) is 0.948. The molecule has 0 aromatic heterocycles. The molecule has 0 radical (unpaired) electrons. The van der Waals surface area contributed by atoms with Gasteiger partial charge in [-0.05, 0) is 25.5 Å². The van der Waals surface area contributed by atoms with E-state index in [1.165, 1.54) is 0 Å². The fourth-order valence-electron chi connectivity index (χ4n) is 1.88. The largest absolute Gasteiger partial charge is 0.486 e. The quantitative estimate of drug-likeness (QED) is 0.860. The first-order chi connectivity index (χ1) is 9.09. The molecule has 0 saturated heterocycles. The highest BCUT2D eigenvalue weighted by Gasteiger charge is 2.26. The van der Waals surface area contributed by atoms with Gasteiger partial charge in [-0.25, -0.2) is 0 Å². The van der Waals surface area contributed by atoms with E-state index in [4.69, 9.17) is 15.2 Å². The van der Waals surface area contributed by atoms with Crippen LogP contribution in [-0.2, 0) is 0 Å². The van der Waals surface area contributed by atoms with Gasteiger partial charge in [0.2, 0.25) is 0 Å². The van der Waals surface area contributed by atoms with Gasteiger partial charge < -0.3 is 20.5 Å². The normalized spacial score (nSPS) is 16.6. The van der Waals surface area contributed by atoms with Gasteiger partial charge in [-0.15, -0.1) is 0 Å². The molecule has 1 aromatic carbocycles. The Balaban J connectivity index is 2.25. The lowest BCUT2D eigenvalue weighted by molar-refractivity contribution is 0.0895. The SMILES string of the molecule is CCC(C)(CN)NC(=O)c1cccc2c1OCCO2. The van der Waals surface area contributed by atoms with Crippen LogP contribution in [0.2, 0.25) is 0 Å². The van der Waals surface area contributed by atoms with Crippen molar-refractivity contribution >= 4 is 5.91 Å². The maximum absolute atomic E-state index is 12.3. The lowest BCUT2D eigenvalue weighted by atomic mass is 9.98. The van der Waals surface area contributed by atoms with Crippen molar-refractivity contribution in [2.75, 3.05) is 19.8 Å². The first kappa shape index (κ1) is 13.7. The molecular weight excluding hydrogens is 244 g/mol. The number of nitrogens with two attached hydrogens (primary N) is 1. The van der Waals surface area contributed by atoms with E-state index in [0.717, 1.165) is 6.42 Å².